The zero-order valence-corrected chi connectivity index (χ0v) is 17.1. The summed E-state index contributed by atoms with van der Waals surface area (Å²) in [5.74, 6) is 0.467. The van der Waals surface area contributed by atoms with Gasteiger partial charge in [-0.3, -0.25) is 14.3 Å². The van der Waals surface area contributed by atoms with E-state index in [1.54, 1.807) is 36.5 Å². The minimum atomic E-state index is -0.332. The summed E-state index contributed by atoms with van der Waals surface area (Å²) in [7, 11) is 1.63. The molecule has 0 atom stereocenters. The zero-order valence-electron chi connectivity index (χ0n) is 16.3. The molecule has 0 aliphatic heterocycles. The van der Waals surface area contributed by atoms with Crippen molar-refractivity contribution < 1.29 is 13.9 Å². The Bertz CT molecular complexity index is 934. The Morgan fingerprint density at radius 2 is 1.90 bits per heavy atom. The minimum absolute atomic E-state index is 0.0872. The van der Waals surface area contributed by atoms with Crippen molar-refractivity contribution >= 4 is 23.4 Å². The molecule has 152 valence electrons. The maximum atomic E-state index is 13.2. The first-order chi connectivity index (χ1) is 14.1. The highest BCUT2D eigenvalue weighted by molar-refractivity contribution is 7.99. The number of halogens is 1. The van der Waals surface area contributed by atoms with Crippen LogP contribution in [-0.4, -0.2) is 51.7 Å². The first-order valence-corrected chi connectivity index (χ1v) is 10.1. The van der Waals surface area contributed by atoms with E-state index in [9.17, 15) is 9.18 Å². The lowest BCUT2D eigenvalue weighted by Crippen LogP contribution is -2.32. The lowest BCUT2D eigenvalue weighted by atomic mass is 10.2. The second kappa shape index (κ2) is 10.1. The second-order valence-electron chi connectivity index (χ2n) is 6.09. The highest BCUT2D eigenvalue weighted by Gasteiger charge is 2.18. The van der Waals surface area contributed by atoms with Gasteiger partial charge < -0.3 is 9.64 Å². The Morgan fingerprint density at radius 1 is 1.17 bits per heavy atom. The molecular weight excluding hydrogens is 393 g/mol. The molecule has 3 aromatic rings. The van der Waals surface area contributed by atoms with Crippen LogP contribution < -0.4 is 4.90 Å². The van der Waals surface area contributed by atoms with Gasteiger partial charge in [-0.15, -0.1) is 10.2 Å². The number of anilines is 1. The van der Waals surface area contributed by atoms with Crippen LogP contribution in [0.25, 0.3) is 11.4 Å². The van der Waals surface area contributed by atoms with Crippen LogP contribution in [0.5, 0.6) is 0 Å². The number of ether oxygens (including phenoxy) is 1. The monoisotopic (exact) mass is 415 g/mol. The predicted molar refractivity (Wildman–Crippen MR) is 110 cm³/mol. The molecule has 0 saturated heterocycles. The van der Waals surface area contributed by atoms with Crippen molar-refractivity contribution in [1.29, 1.82) is 0 Å². The Morgan fingerprint density at radius 3 is 2.55 bits per heavy atom. The van der Waals surface area contributed by atoms with Crippen molar-refractivity contribution in [2.24, 2.45) is 0 Å². The van der Waals surface area contributed by atoms with E-state index in [1.807, 2.05) is 23.6 Å². The number of pyridine rings is 1. The molecule has 0 N–H and O–H groups in total. The van der Waals surface area contributed by atoms with Crippen LogP contribution in [0, 0.1) is 5.82 Å². The number of aromatic nitrogens is 4. The third-order valence-corrected chi connectivity index (χ3v) is 5.21. The van der Waals surface area contributed by atoms with Crippen LogP contribution in [0.4, 0.5) is 10.1 Å². The van der Waals surface area contributed by atoms with Gasteiger partial charge in [0.05, 0.1) is 18.9 Å². The molecule has 2 aromatic heterocycles. The summed E-state index contributed by atoms with van der Waals surface area (Å²) in [5.41, 5.74) is 1.56. The molecule has 0 spiro atoms. The van der Waals surface area contributed by atoms with E-state index in [0.29, 0.717) is 36.4 Å². The van der Waals surface area contributed by atoms with Crippen LogP contribution in [-0.2, 0) is 16.1 Å². The van der Waals surface area contributed by atoms with Crippen molar-refractivity contribution in [2.45, 2.75) is 18.6 Å². The molecular formula is C20H22FN5O2S. The topological polar surface area (TPSA) is 73.1 Å². The molecule has 1 amide bonds. The fourth-order valence-electron chi connectivity index (χ4n) is 2.82. The lowest BCUT2D eigenvalue weighted by molar-refractivity contribution is -0.116. The van der Waals surface area contributed by atoms with Gasteiger partial charge in [0.15, 0.2) is 11.0 Å². The van der Waals surface area contributed by atoms with Crippen molar-refractivity contribution in [3.05, 3.63) is 54.6 Å². The number of hydrogen-bond acceptors (Lipinski definition) is 6. The molecule has 0 aliphatic rings. The van der Waals surface area contributed by atoms with E-state index in [1.165, 1.54) is 23.9 Å². The number of carbonyl (C=O) groups is 1. The number of nitrogens with zero attached hydrogens (tertiary/aromatic N) is 5. The smallest absolute Gasteiger partial charge is 0.237 e. The van der Waals surface area contributed by atoms with E-state index in [-0.39, 0.29) is 17.5 Å². The number of methoxy groups -OCH3 is 1. The van der Waals surface area contributed by atoms with Gasteiger partial charge in [0.2, 0.25) is 5.91 Å². The molecule has 9 heteroatoms. The molecule has 0 unspecified atom stereocenters. The van der Waals surface area contributed by atoms with E-state index in [4.69, 9.17) is 4.74 Å². The maximum absolute atomic E-state index is 13.2. The number of hydrogen-bond donors (Lipinski definition) is 0. The van der Waals surface area contributed by atoms with E-state index in [0.717, 1.165) is 5.56 Å². The number of benzene rings is 1. The Kier molecular flexibility index (Phi) is 7.31. The first kappa shape index (κ1) is 20.9. The van der Waals surface area contributed by atoms with E-state index >= 15 is 0 Å². The van der Waals surface area contributed by atoms with Gasteiger partial charge in [0.1, 0.15) is 5.82 Å². The third kappa shape index (κ3) is 5.18. The van der Waals surface area contributed by atoms with Gasteiger partial charge in [0.25, 0.3) is 0 Å². The van der Waals surface area contributed by atoms with Crippen molar-refractivity contribution in [2.75, 3.05) is 30.9 Å². The quantitative estimate of drug-likeness (QED) is 0.500. The third-order valence-electron chi connectivity index (χ3n) is 4.25. The highest BCUT2D eigenvalue weighted by atomic mass is 32.2. The summed E-state index contributed by atoms with van der Waals surface area (Å²) >= 11 is 1.32. The molecule has 0 radical (unpaired) electrons. The predicted octanol–water partition coefficient (Wildman–Crippen LogP) is 3.27. The van der Waals surface area contributed by atoms with Crippen molar-refractivity contribution in [3.63, 3.8) is 0 Å². The van der Waals surface area contributed by atoms with E-state index in [2.05, 4.69) is 15.2 Å². The Labute approximate surface area is 172 Å². The van der Waals surface area contributed by atoms with Crippen LogP contribution in [0.3, 0.4) is 0 Å². The van der Waals surface area contributed by atoms with Gasteiger partial charge in [0, 0.05) is 37.3 Å². The molecule has 1 aromatic carbocycles. The Balaban J connectivity index is 1.76. The van der Waals surface area contributed by atoms with Gasteiger partial charge in [-0.2, -0.15) is 0 Å². The van der Waals surface area contributed by atoms with Crippen LogP contribution in [0.15, 0.2) is 53.9 Å². The van der Waals surface area contributed by atoms with Gasteiger partial charge in [-0.25, -0.2) is 4.39 Å². The highest BCUT2D eigenvalue weighted by Crippen LogP contribution is 2.25. The molecule has 2 heterocycles. The fourth-order valence-corrected chi connectivity index (χ4v) is 3.66. The second-order valence-corrected chi connectivity index (χ2v) is 7.03. The summed E-state index contributed by atoms with van der Waals surface area (Å²) in [6, 6.07) is 9.62. The van der Waals surface area contributed by atoms with Gasteiger partial charge in [-0.05, 0) is 43.3 Å². The average Bonchev–Trinajstić information content (AvgIpc) is 3.16. The Hall–Kier alpha value is -2.78. The van der Waals surface area contributed by atoms with Crippen LogP contribution in [0.2, 0.25) is 0 Å². The number of amides is 1. The van der Waals surface area contributed by atoms with Crippen molar-refractivity contribution in [3.8, 4) is 11.4 Å². The molecule has 0 fully saturated rings. The molecule has 0 bridgehead atoms. The summed E-state index contributed by atoms with van der Waals surface area (Å²) < 4.78 is 20.3. The summed E-state index contributed by atoms with van der Waals surface area (Å²) in [4.78, 5) is 18.4. The molecule has 0 aliphatic carbocycles. The standard InChI is InChI=1S/C20H22FN5O2S/c1-3-25(17-6-4-16(21)5-7-17)18(27)14-29-20-24-23-19(26(20)12-13-28-2)15-8-10-22-11-9-15/h4-11H,3,12-14H2,1-2H3. The average molecular weight is 415 g/mol. The maximum Gasteiger partial charge on any atom is 0.237 e. The summed E-state index contributed by atoms with van der Waals surface area (Å²) in [5, 5.41) is 9.20. The fraction of sp³-hybridized carbons (Fsp3) is 0.300. The van der Waals surface area contributed by atoms with Crippen LogP contribution >= 0.6 is 11.8 Å². The largest absolute Gasteiger partial charge is 0.383 e. The SMILES string of the molecule is CCN(C(=O)CSc1nnc(-c2ccncc2)n1CCOC)c1ccc(F)cc1. The summed E-state index contributed by atoms with van der Waals surface area (Å²) in [6.07, 6.45) is 3.39. The number of rotatable bonds is 9. The number of carbonyl (C=O) groups excluding carboxylic acids is 1. The van der Waals surface area contributed by atoms with Crippen LogP contribution in [0.1, 0.15) is 6.92 Å². The number of thioether (sulfide) groups is 1. The molecule has 0 saturated carbocycles. The normalized spacial score (nSPS) is 10.9. The molecule has 7 nitrogen and oxygen atoms in total. The van der Waals surface area contributed by atoms with E-state index < -0.39 is 0 Å². The molecule has 29 heavy (non-hydrogen) atoms. The molecule has 3 rings (SSSR count). The summed E-state index contributed by atoms with van der Waals surface area (Å²) in [6.45, 7) is 3.43. The van der Waals surface area contributed by atoms with Crippen molar-refractivity contribution in [1.82, 2.24) is 19.7 Å². The lowest BCUT2D eigenvalue weighted by Gasteiger charge is -2.20. The zero-order chi connectivity index (χ0) is 20.6. The first-order valence-electron chi connectivity index (χ1n) is 9.15. The van der Waals surface area contributed by atoms with Gasteiger partial charge in [-0.1, -0.05) is 11.8 Å². The van der Waals surface area contributed by atoms with Gasteiger partial charge >= 0.3 is 0 Å². The minimum Gasteiger partial charge on any atom is -0.383 e.